The first-order valence-corrected chi connectivity index (χ1v) is 6.78. The molecule has 1 aromatic rings. The van der Waals surface area contributed by atoms with Crippen molar-refractivity contribution in [3.63, 3.8) is 0 Å². The maximum atomic E-state index is 13.7. The lowest BCUT2D eigenvalue weighted by atomic mass is 9.85. The molecule has 0 aliphatic rings. The summed E-state index contributed by atoms with van der Waals surface area (Å²) in [5.41, 5.74) is -4.41. The number of hydrogen-bond acceptors (Lipinski definition) is 1. The molecule has 0 fully saturated rings. The van der Waals surface area contributed by atoms with Crippen LogP contribution in [0.2, 0.25) is 0 Å². The predicted octanol–water partition coefficient (Wildman–Crippen LogP) is 5.53. The monoisotopic (exact) mass is 422 g/mol. The van der Waals surface area contributed by atoms with E-state index in [1.165, 1.54) is 0 Å². The van der Waals surface area contributed by atoms with Gasteiger partial charge < -0.3 is 5.11 Å². The highest BCUT2D eigenvalue weighted by atomic mass is 19.4. The fourth-order valence-electron chi connectivity index (χ4n) is 2.14. The molecule has 27 heavy (non-hydrogen) atoms. The summed E-state index contributed by atoms with van der Waals surface area (Å²) in [6, 6.07) is 3.10. The van der Waals surface area contributed by atoms with E-state index in [1.54, 1.807) is 0 Å². The van der Waals surface area contributed by atoms with Gasteiger partial charge in [0.2, 0.25) is 0 Å². The van der Waals surface area contributed by atoms with Crippen LogP contribution in [0, 0.1) is 5.82 Å². The largest absolute Gasteiger partial charge is 0.460 e. The van der Waals surface area contributed by atoms with Gasteiger partial charge in [-0.3, -0.25) is 0 Å². The molecule has 1 aromatic carbocycles. The summed E-state index contributed by atoms with van der Waals surface area (Å²) in [4.78, 5) is 0. The Morgan fingerprint density at radius 2 is 1.19 bits per heavy atom. The molecule has 0 aromatic heterocycles. The highest BCUT2D eigenvalue weighted by Crippen LogP contribution is 2.59. The van der Waals surface area contributed by atoms with Gasteiger partial charge in [0.1, 0.15) is 5.82 Å². The first kappa shape index (κ1) is 23.4. The predicted molar refractivity (Wildman–Crippen MR) is 66.4 cm³/mol. The third-order valence-corrected chi connectivity index (χ3v) is 3.62. The SMILES string of the molecule is CC(O)(CC(F)(F)C(F)(F)C(F)(F)C(F)(F)C(F)(F)F)c1ccccc1F. The zero-order valence-electron chi connectivity index (χ0n) is 13.0. The number of halogens is 12. The maximum absolute atomic E-state index is 13.7. The molecular formula is C14H10F12O. The lowest BCUT2D eigenvalue weighted by molar-refractivity contribution is -0.424. The van der Waals surface area contributed by atoms with Gasteiger partial charge in [0.25, 0.3) is 0 Å². The second-order valence-electron chi connectivity index (χ2n) is 5.86. The van der Waals surface area contributed by atoms with Gasteiger partial charge in [-0.2, -0.15) is 48.3 Å². The van der Waals surface area contributed by atoms with Crippen LogP contribution >= 0.6 is 0 Å². The van der Waals surface area contributed by atoms with Crippen LogP contribution in [0.3, 0.4) is 0 Å². The van der Waals surface area contributed by atoms with Crippen molar-refractivity contribution >= 4 is 0 Å². The number of rotatable bonds is 6. The molecule has 1 N–H and O–H groups in total. The van der Waals surface area contributed by atoms with Crippen molar-refractivity contribution < 1.29 is 57.8 Å². The van der Waals surface area contributed by atoms with Gasteiger partial charge >= 0.3 is 29.9 Å². The molecular weight excluding hydrogens is 412 g/mol. The Morgan fingerprint density at radius 3 is 1.59 bits per heavy atom. The van der Waals surface area contributed by atoms with E-state index < -0.39 is 53.3 Å². The molecule has 0 radical (unpaired) electrons. The first-order valence-electron chi connectivity index (χ1n) is 6.78. The van der Waals surface area contributed by atoms with E-state index in [-0.39, 0.29) is 6.92 Å². The normalized spacial score (nSPS) is 17.0. The molecule has 1 atom stereocenters. The fourth-order valence-corrected chi connectivity index (χ4v) is 2.14. The van der Waals surface area contributed by atoms with Crippen LogP contribution in [0.4, 0.5) is 52.7 Å². The third-order valence-electron chi connectivity index (χ3n) is 3.62. The Kier molecular flexibility index (Phi) is 5.59. The molecule has 0 heterocycles. The van der Waals surface area contributed by atoms with Crippen LogP contribution in [0.25, 0.3) is 0 Å². The van der Waals surface area contributed by atoms with E-state index >= 15 is 0 Å². The minimum atomic E-state index is -7.58. The van der Waals surface area contributed by atoms with Gasteiger partial charge in [-0.15, -0.1) is 0 Å². The average Bonchev–Trinajstić information content (AvgIpc) is 2.44. The minimum Gasteiger partial charge on any atom is -0.385 e. The maximum Gasteiger partial charge on any atom is 0.460 e. The van der Waals surface area contributed by atoms with Crippen molar-refractivity contribution in [2.75, 3.05) is 0 Å². The second-order valence-corrected chi connectivity index (χ2v) is 5.86. The van der Waals surface area contributed by atoms with Gasteiger partial charge in [0.15, 0.2) is 0 Å². The van der Waals surface area contributed by atoms with E-state index in [0.29, 0.717) is 12.1 Å². The van der Waals surface area contributed by atoms with Crippen molar-refractivity contribution in [1.29, 1.82) is 0 Å². The second kappa shape index (κ2) is 6.45. The summed E-state index contributed by atoms with van der Waals surface area (Å²) >= 11 is 0. The molecule has 0 spiro atoms. The molecule has 0 saturated heterocycles. The number of alkyl halides is 11. The smallest absolute Gasteiger partial charge is 0.385 e. The van der Waals surface area contributed by atoms with Gasteiger partial charge in [-0.1, -0.05) is 18.2 Å². The van der Waals surface area contributed by atoms with E-state index in [2.05, 4.69) is 0 Å². The Morgan fingerprint density at radius 1 is 0.741 bits per heavy atom. The number of aliphatic hydroxyl groups is 1. The molecule has 13 heteroatoms. The van der Waals surface area contributed by atoms with Crippen LogP contribution < -0.4 is 0 Å². The standard InChI is InChI=1S/C14H10F12O/c1-9(27,7-4-2-3-5-8(7)15)6-10(16,17)11(18,19)12(20,21)13(22,23)14(24,25)26/h2-5,27H,6H2,1H3. The zero-order valence-corrected chi connectivity index (χ0v) is 13.0. The molecule has 1 rings (SSSR count). The van der Waals surface area contributed by atoms with Gasteiger partial charge in [0.05, 0.1) is 12.0 Å². The zero-order chi connectivity index (χ0) is 21.7. The summed E-state index contributed by atoms with van der Waals surface area (Å²) in [5, 5.41) is 9.79. The Labute approximate surface area is 143 Å². The number of hydrogen-bond donors (Lipinski definition) is 1. The van der Waals surface area contributed by atoms with Gasteiger partial charge in [0, 0.05) is 5.56 Å². The first-order chi connectivity index (χ1) is 11.7. The van der Waals surface area contributed by atoms with Gasteiger partial charge in [-0.25, -0.2) is 4.39 Å². The molecule has 0 bridgehead atoms. The minimum absolute atomic E-state index is 0.273. The van der Waals surface area contributed by atoms with Crippen molar-refractivity contribution in [2.24, 2.45) is 0 Å². The van der Waals surface area contributed by atoms with E-state index in [9.17, 15) is 57.8 Å². The molecule has 0 aliphatic carbocycles. The van der Waals surface area contributed by atoms with E-state index in [1.807, 2.05) is 0 Å². The van der Waals surface area contributed by atoms with Crippen molar-refractivity contribution in [2.45, 2.75) is 48.8 Å². The molecule has 0 saturated carbocycles. The topological polar surface area (TPSA) is 20.2 Å². The molecule has 156 valence electrons. The highest BCUT2D eigenvalue weighted by molar-refractivity contribution is 5.24. The lowest BCUT2D eigenvalue weighted by Gasteiger charge is -2.39. The van der Waals surface area contributed by atoms with E-state index in [4.69, 9.17) is 0 Å². The van der Waals surface area contributed by atoms with Crippen molar-refractivity contribution in [3.8, 4) is 0 Å². The van der Waals surface area contributed by atoms with Crippen LogP contribution in [0.15, 0.2) is 24.3 Å². The van der Waals surface area contributed by atoms with Gasteiger partial charge in [-0.05, 0) is 13.0 Å². The molecule has 0 aliphatic heterocycles. The summed E-state index contributed by atoms with van der Waals surface area (Å²) in [6.07, 6.45) is -10.1. The summed E-state index contributed by atoms with van der Waals surface area (Å²) < 4.78 is 156. The lowest BCUT2D eigenvalue weighted by Crippen LogP contribution is -2.67. The van der Waals surface area contributed by atoms with Crippen LogP contribution in [-0.2, 0) is 5.60 Å². The van der Waals surface area contributed by atoms with Crippen molar-refractivity contribution in [1.82, 2.24) is 0 Å². The fraction of sp³-hybridized carbons (Fsp3) is 0.571. The molecule has 1 nitrogen and oxygen atoms in total. The van der Waals surface area contributed by atoms with Crippen molar-refractivity contribution in [3.05, 3.63) is 35.6 Å². The summed E-state index contributed by atoms with van der Waals surface area (Å²) in [7, 11) is 0. The van der Waals surface area contributed by atoms with Crippen LogP contribution in [0.5, 0.6) is 0 Å². The molecule has 1 unspecified atom stereocenters. The summed E-state index contributed by atoms with van der Waals surface area (Å²) in [5.74, 6) is -30.1. The molecule has 0 amide bonds. The Balaban J connectivity index is 3.38. The van der Waals surface area contributed by atoms with Crippen LogP contribution in [-0.4, -0.2) is 35.0 Å². The quantitative estimate of drug-likeness (QED) is 0.599. The number of benzene rings is 1. The third kappa shape index (κ3) is 3.69. The highest BCUT2D eigenvalue weighted by Gasteiger charge is 2.87. The Bertz CT molecular complexity index is 677. The Hall–Kier alpha value is -1.66. The average molecular weight is 422 g/mol. The van der Waals surface area contributed by atoms with Crippen LogP contribution in [0.1, 0.15) is 18.9 Å². The van der Waals surface area contributed by atoms with E-state index in [0.717, 1.165) is 12.1 Å². The summed E-state index contributed by atoms with van der Waals surface area (Å²) in [6.45, 7) is 0.273.